The molecule has 2 N–H and O–H groups in total. The van der Waals surface area contributed by atoms with E-state index in [9.17, 15) is 10.2 Å². The second-order valence-corrected chi connectivity index (χ2v) is 5.17. The lowest BCUT2D eigenvalue weighted by molar-refractivity contribution is 0.103. The fourth-order valence-corrected chi connectivity index (χ4v) is 2.37. The smallest absolute Gasteiger partial charge is 0.432 e. The van der Waals surface area contributed by atoms with Crippen molar-refractivity contribution in [3.63, 3.8) is 0 Å². The van der Waals surface area contributed by atoms with Crippen molar-refractivity contribution < 1.29 is 14.3 Å². The minimum Gasteiger partial charge on any atom is -0.493 e. The molecule has 0 unspecified atom stereocenters. The van der Waals surface area contributed by atoms with Crippen LogP contribution >= 0.6 is 0 Å². The molecule has 0 saturated carbocycles. The molecule has 0 amide bonds. The van der Waals surface area contributed by atoms with Gasteiger partial charge in [0, 0.05) is 5.56 Å². The standard InChI is InChI=1S/C18H19N3O3/c1-4-23-14-10-13(21-20)18(24-5-2)16(19)15(14)17(22)12-8-6-11(3)7-9-12/h6-10H,4-5H2,1-3H3,(H-,19,22)/p+1. The van der Waals surface area contributed by atoms with Crippen LogP contribution in [0.15, 0.2) is 30.3 Å². The van der Waals surface area contributed by atoms with Crippen LogP contribution in [0.3, 0.4) is 0 Å². The summed E-state index contributed by atoms with van der Waals surface area (Å²) in [6.07, 6.45) is 0. The molecule has 24 heavy (non-hydrogen) atoms. The summed E-state index contributed by atoms with van der Waals surface area (Å²) in [6.45, 7) is 6.17. The van der Waals surface area contributed by atoms with Gasteiger partial charge >= 0.3 is 5.69 Å². The Morgan fingerprint density at radius 3 is 2.33 bits per heavy atom. The molecule has 0 aliphatic carbocycles. The highest BCUT2D eigenvalue weighted by Gasteiger charge is 2.29. The number of ketones is 1. The van der Waals surface area contributed by atoms with Crippen LogP contribution in [0, 0.1) is 12.3 Å². The molecule has 2 aromatic carbocycles. The largest absolute Gasteiger partial charge is 0.493 e. The third-order valence-corrected chi connectivity index (χ3v) is 3.50. The van der Waals surface area contributed by atoms with Crippen molar-refractivity contribution in [3.8, 4) is 11.5 Å². The van der Waals surface area contributed by atoms with Crippen LogP contribution in [0.4, 0.5) is 11.4 Å². The Balaban J connectivity index is 2.65. The van der Waals surface area contributed by atoms with Gasteiger partial charge in [-0.25, -0.2) is 0 Å². The van der Waals surface area contributed by atoms with E-state index in [1.165, 1.54) is 6.07 Å². The van der Waals surface area contributed by atoms with Crippen molar-refractivity contribution in [2.45, 2.75) is 20.8 Å². The molecule has 0 aliphatic rings. The van der Waals surface area contributed by atoms with E-state index in [0.717, 1.165) is 5.56 Å². The number of nitrogens with zero attached hydrogens (tertiary/aromatic N) is 2. The third-order valence-electron chi connectivity index (χ3n) is 3.50. The van der Waals surface area contributed by atoms with Gasteiger partial charge in [0.25, 0.3) is 0 Å². The van der Waals surface area contributed by atoms with E-state index in [4.69, 9.17) is 15.2 Å². The van der Waals surface area contributed by atoms with Crippen LogP contribution in [-0.2, 0) is 0 Å². The monoisotopic (exact) mass is 326 g/mol. The van der Waals surface area contributed by atoms with Crippen molar-refractivity contribution in [1.29, 1.82) is 5.39 Å². The molecule has 0 atom stereocenters. The van der Waals surface area contributed by atoms with Gasteiger partial charge < -0.3 is 15.2 Å². The van der Waals surface area contributed by atoms with Gasteiger partial charge in [-0.15, -0.1) is 0 Å². The van der Waals surface area contributed by atoms with E-state index in [0.29, 0.717) is 18.8 Å². The lowest BCUT2D eigenvalue weighted by Gasteiger charge is -2.14. The van der Waals surface area contributed by atoms with E-state index < -0.39 is 0 Å². The van der Waals surface area contributed by atoms with Gasteiger partial charge in [-0.05, 0) is 20.8 Å². The molecule has 2 rings (SSSR count). The Bertz CT molecular complexity index is 793. The van der Waals surface area contributed by atoms with Crippen molar-refractivity contribution in [2.75, 3.05) is 18.9 Å². The van der Waals surface area contributed by atoms with Crippen LogP contribution in [0.5, 0.6) is 11.5 Å². The van der Waals surface area contributed by atoms with E-state index in [1.54, 1.807) is 26.0 Å². The molecule has 0 heterocycles. The van der Waals surface area contributed by atoms with E-state index in [1.807, 2.05) is 19.1 Å². The quantitative estimate of drug-likeness (QED) is 0.490. The summed E-state index contributed by atoms with van der Waals surface area (Å²) in [4.78, 5) is 16.1. The first kappa shape index (κ1) is 17.3. The van der Waals surface area contributed by atoms with Gasteiger partial charge in [0.2, 0.25) is 11.1 Å². The number of nitrogen functional groups attached to an aromatic ring is 1. The summed E-state index contributed by atoms with van der Waals surface area (Å²) < 4.78 is 11.0. The number of aryl methyl sites for hydroxylation is 1. The minimum atomic E-state index is -0.276. The highest BCUT2D eigenvalue weighted by molar-refractivity contribution is 6.15. The van der Waals surface area contributed by atoms with E-state index in [-0.39, 0.29) is 34.2 Å². The lowest BCUT2D eigenvalue weighted by atomic mass is 9.98. The second-order valence-electron chi connectivity index (χ2n) is 5.17. The van der Waals surface area contributed by atoms with Crippen LogP contribution in [0.2, 0.25) is 0 Å². The van der Waals surface area contributed by atoms with E-state index >= 15 is 0 Å². The van der Waals surface area contributed by atoms with Gasteiger partial charge in [0.1, 0.15) is 5.75 Å². The molecular formula is C18H20N3O3+. The number of nitrogens with two attached hydrogens (primary N) is 1. The number of anilines is 1. The summed E-state index contributed by atoms with van der Waals surface area (Å²) >= 11 is 0. The number of hydrogen-bond acceptors (Lipinski definition) is 5. The number of benzene rings is 2. The first-order valence-electron chi connectivity index (χ1n) is 7.71. The SMILES string of the molecule is CCOc1cc([N+]#N)c(OCC)c(N)c1C(=O)c1ccc(C)cc1. The molecule has 0 radical (unpaired) electrons. The van der Waals surface area contributed by atoms with Crippen molar-refractivity contribution in [1.82, 2.24) is 0 Å². The zero-order chi connectivity index (χ0) is 17.7. The number of carbonyl (C=O) groups is 1. The highest BCUT2D eigenvalue weighted by Crippen LogP contribution is 2.43. The molecule has 6 nitrogen and oxygen atoms in total. The Morgan fingerprint density at radius 2 is 1.79 bits per heavy atom. The number of carbonyl (C=O) groups excluding carboxylic acids is 1. The maximum atomic E-state index is 12.9. The Hall–Kier alpha value is -3.07. The fraction of sp³-hybridized carbons (Fsp3) is 0.278. The molecule has 2 aromatic rings. The maximum Gasteiger partial charge on any atom is 0.432 e. The van der Waals surface area contributed by atoms with Gasteiger partial charge in [0.15, 0.2) is 10.8 Å². The average Bonchev–Trinajstić information content (AvgIpc) is 2.57. The lowest BCUT2D eigenvalue weighted by Crippen LogP contribution is -2.11. The fourth-order valence-electron chi connectivity index (χ4n) is 2.37. The molecule has 0 spiro atoms. The molecule has 0 bridgehead atoms. The number of rotatable bonds is 6. The molecule has 0 aliphatic heterocycles. The molecule has 124 valence electrons. The van der Waals surface area contributed by atoms with Gasteiger partial charge in [-0.1, -0.05) is 29.8 Å². The van der Waals surface area contributed by atoms with Crippen LogP contribution in [-0.4, -0.2) is 19.0 Å². The summed E-state index contributed by atoms with van der Waals surface area (Å²) in [5.41, 5.74) is 8.12. The van der Waals surface area contributed by atoms with Crippen LogP contribution in [0.25, 0.3) is 4.98 Å². The first-order valence-corrected chi connectivity index (χ1v) is 7.71. The Kier molecular flexibility index (Phi) is 5.38. The number of hydrogen-bond donors (Lipinski definition) is 1. The highest BCUT2D eigenvalue weighted by atomic mass is 16.5. The topological polar surface area (TPSA) is 89.7 Å². The molecule has 6 heteroatoms. The molecule has 0 aromatic heterocycles. The summed E-state index contributed by atoms with van der Waals surface area (Å²) in [5.74, 6) is 0.150. The Morgan fingerprint density at radius 1 is 1.17 bits per heavy atom. The van der Waals surface area contributed by atoms with Crippen molar-refractivity contribution in [3.05, 3.63) is 52.0 Å². The van der Waals surface area contributed by atoms with Gasteiger partial charge in [-0.2, -0.15) is 0 Å². The first-order chi connectivity index (χ1) is 11.5. The van der Waals surface area contributed by atoms with E-state index in [2.05, 4.69) is 4.98 Å². The average molecular weight is 326 g/mol. The van der Waals surface area contributed by atoms with Crippen molar-refractivity contribution >= 4 is 17.2 Å². The normalized spacial score (nSPS) is 10.1. The van der Waals surface area contributed by atoms with Crippen LogP contribution in [0.1, 0.15) is 35.3 Å². The van der Waals surface area contributed by atoms with Crippen LogP contribution < -0.4 is 15.2 Å². The second kappa shape index (κ2) is 7.47. The predicted octanol–water partition coefficient (Wildman–Crippen LogP) is 4.09. The van der Waals surface area contributed by atoms with Crippen molar-refractivity contribution in [2.24, 2.45) is 0 Å². The molecule has 0 fully saturated rings. The number of ether oxygens (including phenoxy) is 2. The minimum absolute atomic E-state index is 0.0983. The summed E-state index contributed by atoms with van der Waals surface area (Å²) in [5, 5.41) is 9.19. The molecule has 0 saturated heterocycles. The molecular weight excluding hydrogens is 306 g/mol. The van der Waals surface area contributed by atoms with Gasteiger partial charge in [0.05, 0.1) is 30.5 Å². The Labute approximate surface area is 140 Å². The summed E-state index contributed by atoms with van der Waals surface area (Å²) in [6, 6.07) is 8.62. The maximum absolute atomic E-state index is 12.9. The predicted molar refractivity (Wildman–Crippen MR) is 92.5 cm³/mol. The third kappa shape index (κ3) is 3.30. The van der Waals surface area contributed by atoms with Gasteiger partial charge in [-0.3, -0.25) is 4.79 Å². The summed E-state index contributed by atoms with van der Waals surface area (Å²) in [7, 11) is 0. The zero-order valence-electron chi connectivity index (χ0n) is 14.0. The zero-order valence-corrected chi connectivity index (χ0v) is 14.0. The number of diazo groups is 1.